The molecule has 0 aromatic heterocycles. The van der Waals surface area contributed by atoms with Gasteiger partial charge in [-0.25, -0.2) is 8.42 Å². The third-order valence-electron chi connectivity index (χ3n) is 6.85. The molecule has 0 aliphatic carbocycles. The Bertz CT molecular complexity index is 2280. The first kappa shape index (κ1) is 38.4. The van der Waals surface area contributed by atoms with Gasteiger partial charge >= 0.3 is 59.1 Å². The number of benzene rings is 6. The molecule has 0 bridgehead atoms. The van der Waals surface area contributed by atoms with Gasteiger partial charge in [0.25, 0.3) is 0 Å². The Morgan fingerprint density at radius 3 is 1.65 bits per heavy atom. The summed E-state index contributed by atoms with van der Waals surface area (Å²) in [5.74, 6) is -0.725. The number of anilines is 2. The second-order valence-electron chi connectivity index (χ2n) is 9.89. The Kier molecular flexibility index (Phi) is 13.3. The molecule has 49 heavy (non-hydrogen) atoms. The fraction of sp³-hybridized carbons (Fsp3) is 0. The van der Waals surface area contributed by atoms with Crippen LogP contribution in [0.1, 0.15) is 0 Å². The maximum atomic E-state index is 12.2. The summed E-state index contributed by atoms with van der Waals surface area (Å²) in [4.78, 5) is -0.481. The first-order chi connectivity index (χ1) is 22.7. The topological polar surface area (TPSA) is 201 Å². The van der Waals surface area contributed by atoms with Crippen molar-refractivity contribution in [1.29, 1.82) is 0 Å². The summed E-state index contributed by atoms with van der Waals surface area (Å²) in [5.41, 5.74) is 1.58. The van der Waals surface area contributed by atoms with Gasteiger partial charge in [0, 0.05) is 22.1 Å². The van der Waals surface area contributed by atoms with Crippen LogP contribution in [0.2, 0.25) is 0 Å². The minimum Gasteiger partial charge on any atom is -0.744 e. The molecule has 0 unspecified atom stereocenters. The van der Waals surface area contributed by atoms with E-state index < -0.39 is 26.5 Å². The monoisotopic (exact) mass is 713 g/mol. The predicted molar refractivity (Wildman–Crippen MR) is 172 cm³/mol. The molecule has 236 valence electrons. The van der Waals surface area contributed by atoms with E-state index in [-0.39, 0.29) is 86.2 Å². The Morgan fingerprint density at radius 2 is 1.14 bits per heavy atom. The SMILES string of the molecule is O=S(=O)([O-])c1cc2cc(Nc3ccc4c(O)c(N=Nc5ccccc5)c(SOO[O-])cc4c3)ccc2c(O)c1N=Nc1ccccc1.[Na+].[Na+]. The summed E-state index contributed by atoms with van der Waals surface area (Å²) in [6, 6.07) is 29.8. The summed E-state index contributed by atoms with van der Waals surface area (Å²) in [7, 11) is -5.05. The fourth-order valence-electron chi connectivity index (χ4n) is 4.73. The summed E-state index contributed by atoms with van der Waals surface area (Å²) < 4.78 is 41.0. The number of aromatic hydroxyl groups is 2. The number of azo groups is 2. The molecule has 17 heteroatoms. The van der Waals surface area contributed by atoms with Crippen molar-refractivity contribution in [3.8, 4) is 11.5 Å². The summed E-state index contributed by atoms with van der Waals surface area (Å²) >= 11 is 0.549. The molecule has 0 radical (unpaired) electrons. The van der Waals surface area contributed by atoms with Gasteiger partial charge in [-0.15, -0.1) is 10.2 Å². The van der Waals surface area contributed by atoms with E-state index in [9.17, 15) is 28.4 Å². The van der Waals surface area contributed by atoms with E-state index in [1.165, 1.54) is 0 Å². The van der Waals surface area contributed by atoms with E-state index in [0.717, 1.165) is 6.07 Å². The largest absolute Gasteiger partial charge is 1.00 e. The number of fused-ring (bicyclic) bond motifs is 2. The summed E-state index contributed by atoms with van der Waals surface area (Å²) in [6.07, 6.45) is 0. The van der Waals surface area contributed by atoms with Gasteiger partial charge in [-0.3, -0.25) is 5.04 Å². The average molecular weight is 714 g/mol. The third-order valence-corrected chi connectivity index (χ3v) is 8.32. The molecule has 0 amide bonds. The molecule has 6 aromatic rings. The van der Waals surface area contributed by atoms with Gasteiger partial charge in [-0.2, -0.15) is 14.6 Å². The first-order valence-electron chi connectivity index (χ1n) is 13.6. The van der Waals surface area contributed by atoms with Crippen molar-refractivity contribution in [1.82, 2.24) is 0 Å². The first-order valence-corrected chi connectivity index (χ1v) is 15.8. The van der Waals surface area contributed by atoms with E-state index >= 15 is 0 Å². The molecule has 0 aliphatic heterocycles. The molecule has 6 aromatic carbocycles. The number of rotatable bonds is 10. The van der Waals surface area contributed by atoms with Crippen LogP contribution in [0.3, 0.4) is 0 Å². The van der Waals surface area contributed by atoms with Crippen LogP contribution in [-0.4, -0.2) is 23.2 Å². The molecule has 0 saturated heterocycles. The van der Waals surface area contributed by atoms with Crippen molar-refractivity contribution >= 4 is 77.8 Å². The van der Waals surface area contributed by atoms with Crippen LogP contribution in [0, 0.1) is 0 Å². The Morgan fingerprint density at radius 1 is 0.653 bits per heavy atom. The number of hydrogen-bond acceptors (Lipinski definition) is 14. The van der Waals surface area contributed by atoms with Crippen molar-refractivity contribution in [3.05, 3.63) is 109 Å². The van der Waals surface area contributed by atoms with Crippen LogP contribution >= 0.6 is 12.0 Å². The smallest absolute Gasteiger partial charge is 0.744 e. The van der Waals surface area contributed by atoms with E-state index in [2.05, 4.69) is 35.1 Å². The second-order valence-corrected chi connectivity index (χ2v) is 12.0. The van der Waals surface area contributed by atoms with Gasteiger partial charge in [0.2, 0.25) is 0 Å². The number of phenolic OH excluding ortho intramolecular Hbond substituents is 2. The van der Waals surface area contributed by atoms with Gasteiger partial charge in [0.05, 0.1) is 33.2 Å². The normalized spacial score (nSPS) is 11.6. The molecule has 0 atom stereocenters. The average Bonchev–Trinajstić information content (AvgIpc) is 3.07. The molecular formula is C32H21N5Na2O8S2. The maximum absolute atomic E-state index is 12.2. The molecule has 3 N–H and O–H groups in total. The van der Waals surface area contributed by atoms with Gasteiger partial charge in [0.1, 0.15) is 21.5 Å². The number of nitrogens with one attached hydrogen (secondary N) is 1. The standard InChI is InChI=1S/C32H23N5O8S2.2Na/c38-31-25-13-11-23(15-19(25)17-27(46-45-44-40)29(31)36-34-21-7-3-1-4-8-21)33-24-12-14-26-20(16-24)18-28(47(41,42)43)30(32(26)39)37-35-22-9-5-2-6-10-22;;/h1-18,33,38-40H,(H,41,42,43);;/q;2*+1/p-2. The van der Waals surface area contributed by atoms with E-state index in [1.807, 2.05) is 6.07 Å². The van der Waals surface area contributed by atoms with Crippen LogP contribution in [0.4, 0.5) is 34.1 Å². The van der Waals surface area contributed by atoms with E-state index in [4.69, 9.17) is 0 Å². The molecule has 0 saturated carbocycles. The van der Waals surface area contributed by atoms with Crippen molar-refractivity contribution in [3.63, 3.8) is 0 Å². The molecule has 0 spiro atoms. The van der Waals surface area contributed by atoms with Crippen molar-refractivity contribution < 1.29 is 96.9 Å². The molecule has 6 rings (SSSR count). The molecule has 0 heterocycles. The molecule has 0 aliphatic rings. The van der Waals surface area contributed by atoms with Crippen LogP contribution in [0.25, 0.3) is 21.5 Å². The van der Waals surface area contributed by atoms with Gasteiger partial charge in [0.15, 0.2) is 11.5 Å². The maximum Gasteiger partial charge on any atom is 1.00 e. The summed E-state index contributed by atoms with van der Waals surface area (Å²) in [6.45, 7) is 0. The number of phenols is 2. The molecule has 13 nitrogen and oxygen atoms in total. The fourth-order valence-corrected chi connectivity index (χ4v) is 5.87. The Balaban J connectivity index is 0.00000270. The van der Waals surface area contributed by atoms with Crippen LogP contribution in [-0.2, 0) is 19.5 Å². The van der Waals surface area contributed by atoms with E-state index in [1.54, 1.807) is 97.1 Å². The summed E-state index contributed by atoms with van der Waals surface area (Å²) in [5, 5.41) is 56.9. The number of nitrogens with zero attached hydrogens (tertiary/aromatic N) is 4. The zero-order valence-electron chi connectivity index (χ0n) is 25.8. The zero-order valence-corrected chi connectivity index (χ0v) is 31.5. The van der Waals surface area contributed by atoms with Gasteiger partial charge in [-0.1, -0.05) is 36.4 Å². The minimum absolute atomic E-state index is 0. The van der Waals surface area contributed by atoms with Gasteiger partial charge in [-0.05, 0) is 83.6 Å². The van der Waals surface area contributed by atoms with Crippen LogP contribution in [0.5, 0.6) is 11.5 Å². The Labute approximate surface area is 328 Å². The van der Waals surface area contributed by atoms with Crippen molar-refractivity contribution in [2.24, 2.45) is 20.5 Å². The number of hydrogen-bond donors (Lipinski definition) is 3. The van der Waals surface area contributed by atoms with Crippen LogP contribution in [0.15, 0.2) is 139 Å². The third kappa shape index (κ3) is 9.04. The minimum atomic E-state index is -5.05. The van der Waals surface area contributed by atoms with Gasteiger partial charge < -0.3 is 25.3 Å². The zero-order chi connectivity index (χ0) is 33.0. The predicted octanol–water partition coefficient (Wildman–Crippen LogP) is 2.12. The second kappa shape index (κ2) is 17.0. The van der Waals surface area contributed by atoms with Crippen molar-refractivity contribution in [2.75, 3.05) is 5.32 Å². The van der Waals surface area contributed by atoms with E-state index in [0.29, 0.717) is 45.6 Å². The van der Waals surface area contributed by atoms with Crippen molar-refractivity contribution in [2.45, 2.75) is 9.79 Å². The molecular weight excluding hydrogens is 692 g/mol. The Hall–Kier alpha value is -3.42. The quantitative estimate of drug-likeness (QED) is 0.0472. The van der Waals surface area contributed by atoms with Crippen LogP contribution < -0.4 is 69.7 Å². The molecule has 0 fully saturated rings.